The van der Waals surface area contributed by atoms with E-state index in [-0.39, 0.29) is 5.41 Å². The van der Waals surface area contributed by atoms with Crippen LogP contribution in [0.15, 0.2) is 182 Å². The van der Waals surface area contributed by atoms with Crippen LogP contribution < -0.4 is 0 Å². The fraction of sp³-hybridized carbons (Fsp3) is 0.0769. The summed E-state index contributed by atoms with van der Waals surface area (Å²) in [5, 5.41) is 7.60. The monoisotopic (exact) mass is 705 g/mol. The summed E-state index contributed by atoms with van der Waals surface area (Å²) in [6.45, 7) is 6.86. The molecule has 0 unspecified atom stereocenters. The summed E-state index contributed by atoms with van der Waals surface area (Å²) in [7, 11) is 0. The first-order chi connectivity index (χ1) is 26.9. The molecule has 0 bridgehead atoms. The quantitative estimate of drug-likeness (QED) is 0.173. The van der Waals surface area contributed by atoms with Crippen molar-refractivity contribution in [1.82, 2.24) is 13.7 Å². The van der Waals surface area contributed by atoms with Crippen molar-refractivity contribution in [2.75, 3.05) is 0 Å². The summed E-state index contributed by atoms with van der Waals surface area (Å²) < 4.78 is 7.25. The number of aromatic nitrogens is 3. The molecular formula is C52H39N3. The van der Waals surface area contributed by atoms with E-state index in [0.29, 0.717) is 0 Å². The van der Waals surface area contributed by atoms with Gasteiger partial charge in [-0.3, -0.25) is 0 Å². The van der Waals surface area contributed by atoms with E-state index in [1.54, 1.807) is 0 Å². The molecule has 3 heteroatoms. The number of hydrogen-bond acceptors (Lipinski definition) is 0. The van der Waals surface area contributed by atoms with Crippen LogP contribution in [0.3, 0.4) is 0 Å². The van der Waals surface area contributed by atoms with Gasteiger partial charge in [-0.2, -0.15) is 0 Å². The van der Waals surface area contributed by atoms with Gasteiger partial charge in [-0.05, 0) is 101 Å². The van der Waals surface area contributed by atoms with E-state index in [0.717, 1.165) is 17.1 Å². The van der Waals surface area contributed by atoms with Crippen LogP contribution in [0.2, 0.25) is 0 Å². The minimum Gasteiger partial charge on any atom is -0.309 e. The fourth-order valence-corrected chi connectivity index (χ4v) is 8.94. The summed E-state index contributed by atoms with van der Waals surface area (Å²) in [6.07, 6.45) is 0. The molecule has 55 heavy (non-hydrogen) atoms. The maximum atomic E-state index is 2.43. The number of fused-ring (bicyclic) bond motifs is 9. The third-order valence-electron chi connectivity index (χ3n) is 11.6. The van der Waals surface area contributed by atoms with Crippen molar-refractivity contribution < 1.29 is 0 Å². The third-order valence-corrected chi connectivity index (χ3v) is 11.6. The van der Waals surface area contributed by atoms with Gasteiger partial charge < -0.3 is 13.7 Å². The van der Waals surface area contributed by atoms with Crippen LogP contribution in [-0.2, 0) is 5.41 Å². The molecule has 8 aromatic carbocycles. The average Bonchev–Trinajstić information content (AvgIpc) is 3.86. The molecule has 0 aliphatic rings. The topological polar surface area (TPSA) is 14.8 Å². The van der Waals surface area contributed by atoms with Gasteiger partial charge in [0.25, 0.3) is 0 Å². The maximum absolute atomic E-state index is 2.43. The molecule has 0 fully saturated rings. The van der Waals surface area contributed by atoms with Crippen molar-refractivity contribution in [3.05, 3.63) is 188 Å². The van der Waals surface area contributed by atoms with E-state index >= 15 is 0 Å². The van der Waals surface area contributed by atoms with Crippen molar-refractivity contribution in [3.8, 4) is 28.2 Å². The van der Waals surface area contributed by atoms with Gasteiger partial charge in [0.15, 0.2) is 0 Å². The van der Waals surface area contributed by atoms with Gasteiger partial charge in [0, 0.05) is 49.4 Å². The molecule has 0 saturated carbocycles. The van der Waals surface area contributed by atoms with Crippen LogP contribution >= 0.6 is 0 Å². The average molecular weight is 706 g/mol. The number of hydrogen-bond donors (Lipinski definition) is 0. The van der Waals surface area contributed by atoms with Gasteiger partial charge >= 0.3 is 0 Å². The number of rotatable bonds is 4. The highest BCUT2D eigenvalue weighted by Crippen LogP contribution is 2.39. The van der Waals surface area contributed by atoms with Crippen LogP contribution in [-0.4, -0.2) is 13.7 Å². The second-order valence-electron chi connectivity index (χ2n) is 15.9. The Morgan fingerprint density at radius 2 is 0.673 bits per heavy atom. The molecule has 0 aliphatic carbocycles. The maximum Gasteiger partial charge on any atom is 0.0541 e. The van der Waals surface area contributed by atoms with Crippen LogP contribution in [0, 0.1) is 0 Å². The Morgan fingerprint density at radius 3 is 1.18 bits per heavy atom. The van der Waals surface area contributed by atoms with Gasteiger partial charge in [-0.15, -0.1) is 0 Å². The predicted octanol–water partition coefficient (Wildman–Crippen LogP) is 13.9. The molecule has 0 aliphatic heterocycles. The molecule has 3 aromatic heterocycles. The van der Waals surface area contributed by atoms with Crippen LogP contribution in [0.25, 0.3) is 93.6 Å². The molecule has 0 amide bonds. The standard InChI is InChI=1S/C52H39N3/c1-52(2,3)36-27-29-51-45(32-36)43-21-7-11-25-49(43)55(51)39-17-13-16-38(33-39)54-48-24-10-6-20-42(48)44-31-35(26-28-50(44)54)34-14-12-15-37(30-34)53-46-22-8-4-18-40(46)41-19-5-9-23-47(41)53/h4-33H,1-3H3. The summed E-state index contributed by atoms with van der Waals surface area (Å²) in [5.41, 5.74) is 14.5. The Labute approximate surface area is 319 Å². The molecule has 0 saturated heterocycles. The Morgan fingerprint density at radius 1 is 0.291 bits per heavy atom. The molecule has 0 radical (unpaired) electrons. The van der Waals surface area contributed by atoms with Gasteiger partial charge in [0.2, 0.25) is 0 Å². The minimum atomic E-state index is 0.0723. The van der Waals surface area contributed by atoms with Crippen molar-refractivity contribution in [2.45, 2.75) is 26.2 Å². The first kappa shape index (κ1) is 31.7. The number of benzene rings is 8. The Bertz CT molecular complexity index is 3250. The van der Waals surface area contributed by atoms with E-state index in [1.807, 2.05) is 0 Å². The van der Waals surface area contributed by atoms with E-state index < -0.39 is 0 Å². The highest BCUT2D eigenvalue weighted by atomic mass is 15.0. The smallest absolute Gasteiger partial charge is 0.0541 e. The summed E-state index contributed by atoms with van der Waals surface area (Å²) in [5.74, 6) is 0. The Hall–Kier alpha value is -6.84. The van der Waals surface area contributed by atoms with Gasteiger partial charge in [-0.25, -0.2) is 0 Å². The second-order valence-corrected chi connectivity index (χ2v) is 15.9. The molecule has 262 valence electrons. The van der Waals surface area contributed by atoms with Crippen LogP contribution in [0.1, 0.15) is 26.3 Å². The zero-order valence-corrected chi connectivity index (χ0v) is 31.2. The lowest BCUT2D eigenvalue weighted by atomic mass is 9.86. The van der Waals surface area contributed by atoms with E-state index in [2.05, 4.69) is 216 Å². The molecule has 0 atom stereocenters. The van der Waals surface area contributed by atoms with Crippen LogP contribution in [0.4, 0.5) is 0 Å². The van der Waals surface area contributed by atoms with E-state index in [4.69, 9.17) is 0 Å². The normalized spacial score (nSPS) is 12.3. The molecule has 3 heterocycles. The molecule has 11 aromatic rings. The largest absolute Gasteiger partial charge is 0.309 e. The van der Waals surface area contributed by atoms with Crippen molar-refractivity contribution >= 4 is 65.4 Å². The Kier molecular flexibility index (Phi) is 6.81. The van der Waals surface area contributed by atoms with E-state index in [1.165, 1.54) is 82.1 Å². The molecule has 3 nitrogen and oxygen atoms in total. The lowest BCUT2D eigenvalue weighted by molar-refractivity contribution is 0.591. The van der Waals surface area contributed by atoms with Crippen molar-refractivity contribution in [3.63, 3.8) is 0 Å². The second kappa shape index (κ2) is 11.8. The van der Waals surface area contributed by atoms with Crippen LogP contribution in [0.5, 0.6) is 0 Å². The van der Waals surface area contributed by atoms with E-state index in [9.17, 15) is 0 Å². The highest BCUT2D eigenvalue weighted by Gasteiger charge is 2.20. The zero-order chi connectivity index (χ0) is 36.8. The summed E-state index contributed by atoms with van der Waals surface area (Å²) in [4.78, 5) is 0. The molecular weight excluding hydrogens is 667 g/mol. The van der Waals surface area contributed by atoms with Gasteiger partial charge in [0.1, 0.15) is 0 Å². The first-order valence-corrected chi connectivity index (χ1v) is 19.2. The Balaban J connectivity index is 1.06. The van der Waals surface area contributed by atoms with Crippen molar-refractivity contribution in [2.24, 2.45) is 0 Å². The van der Waals surface area contributed by atoms with Crippen molar-refractivity contribution in [1.29, 1.82) is 0 Å². The summed E-state index contributed by atoms with van der Waals surface area (Å²) >= 11 is 0. The SMILES string of the molecule is CC(C)(C)c1ccc2c(c1)c1ccccc1n2-c1cccc(-n2c3ccccc3c3cc(-c4cccc(-n5c6ccccc6c6ccccc65)c4)ccc32)c1. The predicted molar refractivity (Wildman–Crippen MR) is 234 cm³/mol. The third kappa shape index (κ3) is 4.83. The molecule has 0 N–H and O–H groups in total. The first-order valence-electron chi connectivity index (χ1n) is 19.2. The summed E-state index contributed by atoms with van der Waals surface area (Å²) in [6, 6.07) is 67.0. The molecule has 11 rings (SSSR count). The highest BCUT2D eigenvalue weighted by molar-refractivity contribution is 6.12. The minimum absolute atomic E-state index is 0.0723. The molecule has 0 spiro atoms. The zero-order valence-electron chi connectivity index (χ0n) is 31.2. The lowest BCUT2D eigenvalue weighted by Crippen LogP contribution is -2.10. The number of para-hydroxylation sites is 4. The lowest BCUT2D eigenvalue weighted by Gasteiger charge is -2.19. The van der Waals surface area contributed by atoms with Gasteiger partial charge in [0.05, 0.1) is 33.1 Å². The van der Waals surface area contributed by atoms with Gasteiger partial charge in [-0.1, -0.05) is 124 Å². The number of nitrogens with zero attached hydrogens (tertiary/aromatic N) is 3. The fourth-order valence-electron chi connectivity index (χ4n) is 8.94.